The van der Waals surface area contributed by atoms with Gasteiger partial charge in [0.15, 0.2) is 0 Å². The van der Waals surface area contributed by atoms with E-state index < -0.39 is 0 Å². The molecule has 114 valence electrons. The number of anilines is 1. The molecule has 23 heavy (non-hydrogen) atoms. The predicted octanol–water partition coefficient (Wildman–Crippen LogP) is 2.47. The number of hydrogen-bond donors (Lipinski definition) is 2. The summed E-state index contributed by atoms with van der Waals surface area (Å²) in [5, 5.41) is 23.4. The zero-order valence-electron chi connectivity index (χ0n) is 11.8. The maximum Gasteiger partial charge on any atom is 0.220 e. The van der Waals surface area contributed by atoms with Crippen LogP contribution >= 0.6 is 11.6 Å². The van der Waals surface area contributed by atoms with Gasteiger partial charge in [-0.2, -0.15) is 10.4 Å². The van der Waals surface area contributed by atoms with Crippen LogP contribution in [0.3, 0.4) is 0 Å². The van der Waals surface area contributed by atoms with E-state index in [4.69, 9.17) is 22.6 Å². The highest BCUT2D eigenvalue weighted by atomic mass is 35.5. The highest BCUT2D eigenvalue weighted by molar-refractivity contribution is 6.31. The fraction of sp³-hybridized carbons (Fsp3) is 0.0667. The van der Waals surface area contributed by atoms with Crippen LogP contribution in [0.4, 0.5) is 5.95 Å². The van der Waals surface area contributed by atoms with Crippen LogP contribution in [0.15, 0.2) is 36.7 Å². The van der Waals surface area contributed by atoms with Gasteiger partial charge < -0.3 is 10.8 Å². The molecular weight excluding hydrogens is 316 g/mol. The number of hydrogen-bond acceptors (Lipinski definition) is 6. The first kappa shape index (κ1) is 14.8. The summed E-state index contributed by atoms with van der Waals surface area (Å²) in [6.07, 6.45) is 3.23. The van der Waals surface area contributed by atoms with E-state index in [1.807, 2.05) is 6.07 Å². The van der Waals surface area contributed by atoms with Crippen molar-refractivity contribution in [1.29, 1.82) is 5.26 Å². The Morgan fingerprint density at radius 1 is 1.35 bits per heavy atom. The highest BCUT2D eigenvalue weighted by Gasteiger charge is 2.16. The number of aromatic nitrogens is 4. The molecule has 7 nitrogen and oxygen atoms in total. The van der Waals surface area contributed by atoms with E-state index in [1.165, 1.54) is 10.7 Å². The number of rotatable bonds is 3. The quantitative estimate of drug-likeness (QED) is 0.764. The van der Waals surface area contributed by atoms with Gasteiger partial charge >= 0.3 is 0 Å². The number of phenols is 1. The molecule has 2 heterocycles. The molecule has 0 bridgehead atoms. The van der Waals surface area contributed by atoms with E-state index >= 15 is 0 Å². The van der Waals surface area contributed by atoms with Gasteiger partial charge in [0.05, 0.1) is 11.8 Å². The zero-order chi connectivity index (χ0) is 16.4. The average molecular weight is 327 g/mol. The predicted molar refractivity (Wildman–Crippen MR) is 85.4 cm³/mol. The first-order valence-corrected chi connectivity index (χ1v) is 6.98. The van der Waals surface area contributed by atoms with E-state index in [9.17, 15) is 5.11 Å². The highest BCUT2D eigenvalue weighted by Crippen LogP contribution is 2.33. The van der Waals surface area contributed by atoms with Crippen molar-refractivity contribution >= 4 is 17.5 Å². The van der Waals surface area contributed by atoms with Crippen molar-refractivity contribution in [2.24, 2.45) is 0 Å². The first-order chi connectivity index (χ1) is 11.1. The van der Waals surface area contributed by atoms with Crippen LogP contribution in [0, 0.1) is 11.3 Å². The van der Waals surface area contributed by atoms with Gasteiger partial charge in [0.1, 0.15) is 18.0 Å². The molecule has 0 saturated carbocycles. The third kappa shape index (κ3) is 3.07. The van der Waals surface area contributed by atoms with E-state index in [1.54, 1.807) is 30.6 Å². The van der Waals surface area contributed by atoms with Crippen LogP contribution in [0.25, 0.3) is 22.5 Å². The van der Waals surface area contributed by atoms with Crippen molar-refractivity contribution in [1.82, 2.24) is 19.7 Å². The third-order valence-electron chi connectivity index (χ3n) is 3.10. The molecule has 0 unspecified atom stereocenters. The summed E-state index contributed by atoms with van der Waals surface area (Å²) >= 11 is 6.00. The third-order valence-corrected chi connectivity index (χ3v) is 3.32. The minimum atomic E-state index is 0.0236. The fourth-order valence-electron chi connectivity index (χ4n) is 2.21. The monoisotopic (exact) mass is 326 g/mol. The number of aromatic hydroxyl groups is 1. The van der Waals surface area contributed by atoms with Gasteiger partial charge in [-0.05, 0) is 24.3 Å². The van der Waals surface area contributed by atoms with Gasteiger partial charge in [-0.25, -0.2) is 9.97 Å². The van der Waals surface area contributed by atoms with Crippen LogP contribution in [0.5, 0.6) is 5.75 Å². The van der Waals surface area contributed by atoms with Crippen LogP contribution in [0.2, 0.25) is 5.02 Å². The van der Waals surface area contributed by atoms with Gasteiger partial charge in [0, 0.05) is 28.5 Å². The second-order valence-electron chi connectivity index (χ2n) is 4.75. The molecule has 1 aromatic carbocycles. The maximum atomic E-state index is 9.75. The number of nitrogens with zero attached hydrogens (tertiary/aromatic N) is 5. The number of nitrogens with two attached hydrogens (primary N) is 1. The molecule has 0 aliphatic carbocycles. The summed E-state index contributed by atoms with van der Waals surface area (Å²) in [4.78, 5) is 8.05. The molecule has 0 saturated heterocycles. The standard InChI is InChI=1S/C15H11ClN6O/c16-10-5-9(6-11(23)7-10)14-12(8-22(21-14)4-2-17)13-1-3-19-15(18)20-13/h1,3,5-8,23H,4H2,(H2,18,19,20). The Hall–Kier alpha value is -3.11. The number of halogens is 1. The number of nitrogen functional groups attached to an aromatic ring is 1. The molecule has 8 heteroatoms. The van der Waals surface area contributed by atoms with E-state index in [-0.39, 0.29) is 18.2 Å². The molecule has 0 aliphatic rings. The average Bonchev–Trinajstić information content (AvgIpc) is 2.91. The normalized spacial score (nSPS) is 10.4. The van der Waals surface area contributed by atoms with Crippen molar-refractivity contribution in [3.8, 4) is 34.3 Å². The second-order valence-corrected chi connectivity index (χ2v) is 5.18. The maximum absolute atomic E-state index is 9.75. The summed E-state index contributed by atoms with van der Waals surface area (Å²) in [5.74, 6) is 0.158. The summed E-state index contributed by atoms with van der Waals surface area (Å²) in [6, 6.07) is 8.37. The van der Waals surface area contributed by atoms with Crippen LogP contribution in [-0.2, 0) is 6.54 Å². The zero-order valence-corrected chi connectivity index (χ0v) is 12.6. The fourth-order valence-corrected chi connectivity index (χ4v) is 2.44. The molecule has 0 atom stereocenters. The Morgan fingerprint density at radius 2 is 2.17 bits per heavy atom. The molecule has 3 N–H and O–H groups in total. The molecule has 0 spiro atoms. The van der Waals surface area contributed by atoms with Crippen LogP contribution < -0.4 is 5.73 Å². The van der Waals surface area contributed by atoms with Crippen molar-refractivity contribution in [2.75, 3.05) is 5.73 Å². The smallest absolute Gasteiger partial charge is 0.220 e. The lowest BCUT2D eigenvalue weighted by atomic mass is 10.1. The minimum Gasteiger partial charge on any atom is -0.508 e. The molecule has 0 aliphatic heterocycles. The lowest BCUT2D eigenvalue weighted by molar-refractivity contribution is 0.475. The van der Waals surface area contributed by atoms with Gasteiger partial charge in [-0.1, -0.05) is 11.6 Å². The summed E-state index contributed by atoms with van der Waals surface area (Å²) < 4.78 is 1.49. The van der Waals surface area contributed by atoms with Gasteiger partial charge in [-0.3, -0.25) is 4.68 Å². The Bertz CT molecular complexity index is 894. The summed E-state index contributed by atoms with van der Waals surface area (Å²) in [5.41, 5.74) is 8.01. The first-order valence-electron chi connectivity index (χ1n) is 6.60. The molecule has 0 fully saturated rings. The molecule has 0 radical (unpaired) electrons. The van der Waals surface area contributed by atoms with E-state index in [0.29, 0.717) is 27.5 Å². The SMILES string of the molecule is N#CCn1cc(-c2ccnc(N)n2)c(-c2cc(O)cc(Cl)c2)n1. The molecular formula is C15H11ClN6O. The van der Waals surface area contributed by atoms with Crippen molar-refractivity contribution < 1.29 is 5.11 Å². The van der Waals surface area contributed by atoms with Gasteiger partial charge in [0.2, 0.25) is 5.95 Å². The molecule has 3 aromatic rings. The Labute approximate surface area is 136 Å². The lowest BCUT2D eigenvalue weighted by Gasteiger charge is -2.04. The van der Waals surface area contributed by atoms with E-state index in [2.05, 4.69) is 15.1 Å². The lowest BCUT2D eigenvalue weighted by Crippen LogP contribution is -1.95. The Kier molecular flexibility index (Phi) is 3.83. The van der Waals surface area contributed by atoms with Crippen LogP contribution in [0.1, 0.15) is 0 Å². The van der Waals surface area contributed by atoms with Crippen molar-refractivity contribution in [3.05, 3.63) is 41.7 Å². The van der Waals surface area contributed by atoms with E-state index in [0.717, 1.165) is 0 Å². The topological polar surface area (TPSA) is 114 Å². The number of nitriles is 1. The van der Waals surface area contributed by atoms with Crippen molar-refractivity contribution in [3.63, 3.8) is 0 Å². The number of benzene rings is 1. The Morgan fingerprint density at radius 3 is 2.87 bits per heavy atom. The molecule has 2 aromatic heterocycles. The largest absolute Gasteiger partial charge is 0.508 e. The summed E-state index contributed by atoms with van der Waals surface area (Å²) in [6.45, 7) is 0.0834. The van der Waals surface area contributed by atoms with Crippen molar-refractivity contribution in [2.45, 2.75) is 6.54 Å². The minimum absolute atomic E-state index is 0.0236. The van der Waals surface area contributed by atoms with Crippen LogP contribution in [-0.4, -0.2) is 24.9 Å². The summed E-state index contributed by atoms with van der Waals surface area (Å²) in [7, 11) is 0. The van der Waals surface area contributed by atoms with Gasteiger partial charge in [0.25, 0.3) is 0 Å². The second kappa shape index (κ2) is 5.94. The molecule has 3 rings (SSSR count). The molecule has 0 amide bonds. The number of phenolic OH excluding ortho intramolecular Hbond substituents is 1. The Balaban J connectivity index is 2.21. The van der Waals surface area contributed by atoms with Gasteiger partial charge in [-0.15, -0.1) is 0 Å².